The number of esters is 2. The van der Waals surface area contributed by atoms with Crippen molar-refractivity contribution in [3.63, 3.8) is 0 Å². The molecule has 4 heteroatoms. The van der Waals surface area contributed by atoms with E-state index in [1.54, 1.807) is 0 Å². The van der Waals surface area contributed by atoms with Crippen molar-refractivity contribution >= 4 is 11.9 Å². The van der Waals surface area contributed by atoms with Crippen LogP contribution >= 0.6 is 0 Å². The molecule has 0 aromatic heterocycles. The summed E-state index contributed by atoms with van der Waals surface area (Å²) >= 11 is 0. The van der Waals surface area contributed by atoms with Gasteiger partial charge in [0.1, 0.15) is 11.5 Å². The number of hydrogen-bond donors (Lipinski definition) is 0. The van der Waals surface area contributed by atoms with Crippen molar-refractivity contribution in [1.82, 2.24) is 0 Å². The van der Waals surface area contributed by atoms with Crippen molar-refractivity contribution in [2.75, 3.05) is 0 Å². The van der Waals surface area contributed by atoms with Crippen LogP contribution in [0.15, 0.2) is 24.3 Å². The summed E-state index contributed by atoms with van der Waals surface area (Å²) in [4.78, 5) is 22.8. The summed E-state index contributed by atoms with van der Waals surface area (Å²) in [6, 6.07) is 8.43. The predicted molar refractivity (Wildman–Crippen MR) is 111 cm³/mol. The van der Waals surface area contributed by atoms with Crippen LogP contribution in [-0.2, 0) is 9.59 Å². The highest BCUT2D eigenvalue weighted by atomic mass is 16.5. The molecule has 150 valence electrons. The summed E-state index contributed by atoms with van der Waals surface area (Å²) in [5.74, 6) is 0.887. The zero-order valence-electron chi connectivity index (χ0n) is 17.9. The fourth-order valence-corrected chi connectivity index (χ4v) is 3.79. The molecule has 0 saturated carbocycles. The van der Waals surface area contributed by atoms with Crippen LogP contribution in [0.2, 0.25) is 0 Å². The van der Waals surface area contributed by atoms with E-state index in [1.165, 1.54) is 25.0 Å². The Morgan fingerprint density at radius 3 is 1.32 bits per heavy atom. The Labute approximate surface area is 167 Å². The van der Waals surface area contributed by atoms with Crippen molar-refractivity contribution in [1.29, 1.82) is 0 Å². The number of aryl methyl sites for hydroxylation is 4. The van der Waals surface area contributed by atoms with Crippen molar-refractivity contribution in [3.05, 3.63) is 57.6 Å². The maximum Gasteiger partial charge on any atom is 0.308 e. The van der Waals surface area contributed by atoms with Crippen LogP contribution in [0.1, 0.15) is 72.9 Å². The first kappa shape index (κ1) is 21.7. The van der Waals surface area contributed by atoms with Crippen LogP contribution < -0.4 is 9.47 Å². The van der Waals surface area contributed by atoms with Gasteiger partial charge in [0.2, 0.25) is 0 Å². The number of rotatable bonds is 6. The minimum atomic E-state index is -0.309. The molecule has 0 heterocycles. The van der Waals surface area contributed by atoms with Crippen LogP contribution in [0, 0.1) is 27.7 Å². The maximum atomic E-state index is 11.4. The molecule has 0 fully saturated rings. The average molecular weight is 383 g/mol. The summed E-state index contributed by atoms with van der Waals surface area (Å²) in [5, 5.41) is 0. The summed E-state index contributed by atoms with van der Waals surface area (Å²) in [7, 11) is 0. The van der Waals surface area contributed by atoms with Crippen molar-refractivity contribution < 1.29 is 19.1 Å². The third-order valence-corrected chi connectivity index (χ3v) is 4.84. The lowest BCUT2D eigenvalue weighted by atomic mass is 9.84. The van der Waals surface area contributed by atoms with Gasteiger partial charge < -0.3 is 9.47 Å². The highest BCUT2D eigenvalue weighted by Crippen LogP contribution is 2.37. The fourth-order valence-electron chi connectivity index (χ4n) is 3.79. The van der Waals surface area contributed by atoms with Gasteiger partial charge in [-0.05, 0) is 67.5 Å². The molecular weight excluding hydrogens is 352 g/mol. The molecular formula is C24H30O4. The Morgan fingerprint density at radius 2 is 1.07 bits per heavy atom. The van der Waals surface area contributed by atoms with Gasteiger partial charge in [0.15, 0.2) is 0 Å². The Kier molecular flexibility index (Phi) is 7.00. The predicted octanol–water partition coefficient (Wildman–Crippen LogP) is 5.70. The lowest BCUT2D eigenvalue weighted by Gasteiger charge is -2.22. The smallest absolute Gasteiger partial charge is 0.308 e. The van der Waals surface area contributed by atoms with Gasteiger partial charge in [0.25, 0.3) is 0 Å². The molecule has 28 heavy (non-hydrogen) atoms. The summed E-state index contributed by atoms with van der Waals surface area (Å²) in [5.41, 5.74) is 6.22. The van der Waals surface area contributed by atoms with E-state index in [2.05, 4.69) is 31.2 Å². The van der Waals surface area contributed by atoms with Gasteiger partial charge in [-0.1, -0.05) is 37.6 Å². The zero-order chi connectivity index (χ0) is 21.0. The van der Waals surface area contributed by atoms with Crippen LogP contribution in [0.4, 0.5) is 0 Å². The second kappa shape index (κ2) is 9.05. The minimum Gasteiger partial charge on any atom is -0.426 e. The molecule has 0 unspecified atom stereocenters. The number of benzene rings is 2. The summed E-state index contributed by atoms with van der Waals surface area (Å²) < 4.78 is 10.8. The summed E-state index contributed by atoms with van der Waals surface area (Å²) in [6.07, 6.45) is 2.04. The van der Waals surface area contributed by atoms with Gasteiger partial charge in [-0.15, -0.1) is 0 Å². The van der Waals surface area contributed by atoms with E-state index < -0.39 is 0 Å². The molecule has 2 rings (SSSR count). The van der Waals surface area contributed by atoms with Crippen LogP contribution in [-0.4, -0.2) is 11.9 Å². The van der Waals surface area contributed by atoms with Crippen molar-refractivity contribution in [2.45, 2.75) is 67.2 Å². The van der Waals surface area contributed by atoms with Crippen molar-refractivity contribution in [2.24, 2.45) is 0 Å². The lowest BCUT2D eigenvalue weighted by Crippen LogP contribution is -2.09. The summed E-state index contributed by atoms with van der Waals surface area (Å²) in [6.45, 7) is 12.9. The van der Waals surface area contributed by atoms with E-state index in [0.29, 0.717) is 11.5 Å². The first-order valence-corrected chi connectivity index (χ1v) is 9.73. The Balaban J connectivity index is 2.52. The maximum absolute atomic E-state index is 11.4. The molecule has 0 N–H and O–H groups in total. The van der Waals surface area contributed by atoms with Gasteiger partial charge >= 0.3 is 11.9 Å². The Bertz CT molecular complexity index is 778. The second-order valence-electron chi connectivity index (χ2n) is 7.50. The quantitative estimate of drug-likeness (QED) is 0.475. The molecule has 0 aliphatic heterocycles. The first-order valence-electron chi connectivity index (χ1n) is 9.73. The minimum absolute atomic E-state index is 0.220. The average Bonchev–Trinajstić information content (AvgIpc) is 2.58. The van der Waals surface area contributed by atoms with Crippen LogP contribution in [0.25, 0.3) is 0 Å². The highest BCUT2D eigenvalue weighted by molar-refractivity contribution is 5.71. The van der Waals surface area contributed by atoms with Gasteiger partial charge in [-0.25, -0.2) is 0 Å². The molecule has 0 aliphatic carbocycles. The zero-order valence-corrected chi connectivity index (χ0v) is 17.9. The standard InChI is InChI=1S/C24H30O4/c1-8-9-22(20-10-14(2)23(15(3)11-20)27-18(6)25)21-12-16(4)24(17(5)13-21)28-19(7)26/h10-13,22H,8-9H2,1-7H3. The van der Waals surface area contributed by atoms with E-state index in [4.69, 9.17) is 9.47 Å². The monoisotopic (exact) mass is 382 g/mol. The Morgan fingerprint density at radius 1 is 0.750 bits per heavy atom. The number of carbonyl (C=O) groups excluding carboxylic acids is 2. The van der Waals surface area contributed by atoms with E-state index >= 15 is 0 Å². The molecule has 4 nitrogen and oxygen atoms in total. The fraction of sp³-hybridized carbons (Fsp3) is 0.417. The molecule has 0 atom stereocenters. The molecule has 0 spiro atoms. The van der Waals surface area contributed by atoms with Crippen LogP contribution in [0.3, 0.4) is 0 Å². The molecule has 0 aliphatic rings. The normalized spacial score (nSPS) is 10.9. The topological polar surface area (TPSA) is 52.6 Å². The van der Waals surface area contributed by atoms with Gasteiger partial charge in [0, 0.05) is 19.8 Å². The molecule has 0 radical (unpaired) electrons. The Hall–Kier alpha value is -2.62. The van der Waals surface area contributed by atoms with E-state index in [1.807, 2.05) is 27.7 Å². The first-order chi connectivity index (χ1) is 13.1. The van der Waals surface area contributed by atoms with Crippen molar-refractivity contribution in [3.8, 4) is 11.5 Å². The third kappa shape index (κ3) is 5.00. The van der Waals surface area contributed by atoms with E-state index in [-0.39, 0.29) is 17.9 Å². The van der Waals surface area contributed by atoms with E-state index in [0.717, 1.165) is 35.1 Å². The molecule has 2 aromatic carbocycles. The van der Waals surface area contributed by atoms with E-state index in [9.17, 15) is 9.59 Å². The second-order valence-corrected chi connectivity index (χ2v) is 7.50. The molecule has 0 bridgehead atoms. The lowest BCUT2D eigenvalue weighted by molar-refractivity contribution is -0.132. The molecule has 0 amide bonds. The SMILES string of the molecule is CCCC(c1cc(C)c(OC(C)=O)c(C)c1)c1cc(C)c(OC(C)=O)c(C)c1. The molecule has 0 saturated heterocycles. The largest absolute Gasteiger partial charge is 0.426 e. The van der Waals surface area contributed by atoms with Gasteiger partial charge in [0.05, 0.1) is 0 Å². The third-order valence-electron chi connectivity index (χ3n) is 4.84. The molecule has 2 aromatic rings. The van der Waals surface area contributed by atoms with Crippen LogP contribution in [0.5, 0.6) is 11.5 Å². The number of ether oxygens (including phenoxy) is 2. The van der Waals surface area contributed by atoms with Gasteiger partial charge in [-0.3, -0.25) is 9.59 Å². The number of carbonyl (C=O) groups is 2. The highest BCUT2D eigenvalue weighted by Gasteiger charge is 2.19. The number of hydrogen-bond acceptors (Lipinski definition) is 4. The van der Waals surface area contributed by atoms with Gasteiger partial charge in [-0.2, -0.15) is 0 Å².